The SMILES string of the molecule is C=CCN(CC=C)OC(C)=O.Cl. The Morgan fingerprint density at radius 3 is 2.08 bits per heavy atom. The van der Waals surface area contributed by atoms with E-state index in [0.717, 1.165) is 0 Å². The highest BCUT2D eigenvalue weighted by molar-refractivity contribution is 5.85. The molecule has 12 heavy (non-hydrogen) atoms. The lowest BCUT2D eigenvalue weighted by Crippen LogP contribution is -2.26. The minimum absolute atomic E-state index is 0. The third kappa shape index (κ3) is 7.31. The molecular weight excluding hydrogens is 178 g/mol. The van der Waals surface area contributed by atoms with Crippen molar-refractivity contribution in [3.8, 4) is 0 Å². The lowest BCUT2D eigenvalue weighted by Gasteiger charge is -2.15. The Hall–Kier alpha value is -0.800. The molecule has 0 amide bonds. The first kappa shape index (κ1) is 13.8. The first-order chi connectivity index (χ1) is 5.20. The lowest BCUT2D eigenvalue weighted by atomic mass is 10.5. The molecule has 0 radical (unpaired) electrons. The number of hydrogen-bond acceptors (Lipinski definition) is 3. The monoisotopic (exact) mass is 191 g/mol. The van der Waals surface area contributed by atoms with E-state index in [0.29, 0.717) is 13.1 Å². The van der Waals surface area contributed by atoms with Gasteiger partial charge >= 0.3 is 5.97 Å². The summed E-state index contributed by atoms with van der Waals surface area (Å²) in [6, 6.07) is 0. The van der Waals surface area contributed by atoms with Gasteiger partial charge < -0.3 is 4.84 Å². The van der Waals surface area contributed by atoms with Gasteiger partial charge in [-0.3, -0.25) is 4.79 Å². The zero-order valence-corrected chi connectivity index (χ0v) is 7.97. The summed E-state index contributed by atoms with van der Waals surface area (Å²) in [5.74, 6) is -0.325. The van der Waals surface area contributed by atoms with E-state index >= 15 is 0 Å². The second-order valence-electron chi connectivity index (χ2n) is 2.01. The van der Waals surface area contributed by atoms with Gasteiger partial charge in [-0.05, 0) is 0 Å². The van der Waals surface area contributed by atoms with E-state index in [9.17, 15) is 4.79 Å². The maximum absolute atomic E-state index is 10.5. The largest absolute Gasteiger partial charge is 0.368 e. The Labute approximate surface area is 79.1 Å². The van der Waals surface area contributed by atoms with Crippen LogP contribution < -0.4 is 0 Å². The first-order valence-corrected chi connectivity index (χ1v) is 3.36. The highest BCUT2D eigenvalue weighted by Crippen LogP contribution is 1.91. The van der Waals surface area contributed by atoms with E-state index < -0.39 is 0 Å². The quantitative estimate of drug-likeness (QED) is 0.488. The van der Waals surface area contributed by atoms with Crippen molar-refractivity contribution in [3.63, 3.8) is 0 Å². The third-order valence-corrected chi connectivity index (χ3v) is 0.923. The maximum Gasteiger partial charge on any atom is 0.322 e. The van der Waals surface area contributed by atoms with Crippen LogP contribution in [0.5, 0.6) is 0 Å². The average Bonchev–Trinajstić information content (AvgIpc) is 1.87. The van der Waals surface area contributed by atoms with Crippen LogP contribution in [0.25, 0.3) is 0 Å². The van der Waals surface area contributed by atoms with Crippen molar-refractivity contribution in [1.82, 2.24) is 5.06 Å². The van der Waals surface area contributed by atoms with Gasteiger partial charge in [0.25, 0.3) is 0 Å². The molecule has 0 bridgehead atoms. The van der Waals surface area contributed by atoms with Gasteiger partial charge in [0.05, 0.1) is 13.1 Å². The van der Waals surface area contributed by atoms with Crippen molar-refractivity contribution < 1.29 is 9.63 Å². The molecule has 0 aliphatic heterocycles. The summed E-state index contributed by atoms with van der Waals surface area (Å²) < 4.78 is 0. The number of hydrogen-bond donors (Lipinski definition) is 0. The molecule has 0 aliphatic carbocycles. The van der Waals surface area contributed by atoms with Crippen molar-refractivity contribution in [2.24, 2.45) is 0 Å². The van der Waals surface area contributed by atoms with Gasteiger partial charge in [0.2, 0.25) is 0 Å². The molecule has 0 N–H and O–H groups in total. The van der Waals surface area contributed by atoms with Crippen LogP contribution in [0.3, 0.4) is 0 Å². The molecule has 4 heteroatoms. The van der Waals surface area contributed by atoms with Crippen molar-refractivity contribution in [2.45, 2.75) is 6.92 Å². The number of hydroxylamine groups is 2. The number of nitrogens with zero attached hydrogens (tertiary/aromatic N) is 1. The molecule has 0 heterocycles. The average molecular weight is 192 g/mol. The van der Waals surface area contributed by atoms with Crippen LogP contribution in [0.15, 0.2) is 25.3 Å². The van der Waals surface area contributed by atoms with Crippen LogP contribution in [0, 0.1) is 0 Å². The standard InChI is InChI=1S/C8H13NO2.ClH/c1-4-6-9(7-5-2)11-8(3)10;/h4-5H,1-2,6-7H2,3H3;1H. The molecule has 0 saturated heterocycles. The fourth-order valence-electron chi connectivity index (χ4n) is 0.619. The predicted octanol–water partition coefficient (Wildman–Crippen LogP) is 1.56. The summed E-state index contributed by atoms with van der Waals surface area (Å²) in [6.45, 7) is 9.44. The molecule has 0 aromatic rings. The maximum atomic E-state index is 10.5. The van der Waals surface area contributed by atoms with E-state index in [4.69, 9.17) is 4.84 Å². The van der Waals surface area contributed by atoms with E-state index in [1.54, 1.807) is 12.2 Å². The second kappa shape index (κ2) is 8.30. The van der Waals surface area contributed by atoms with E-state index in [1.165, 1.54) is 12.0 Å². The summed E-state index contributed by atoms with van der Waals surface area (Å²) in [4.78, 5) is 15.3. The number of carbonyl (C=O) groups is 1. The number of carbonyl (C=O) groups excluding carboxylic acids is 1. The van der Waals surface area contributed by atoms with Gasteiger partial charge in [-0.15, -0.1) is 30.6 Å². The second-order valence-corrected chi connectivity index (χ2v) is 2.01. The number of rotatable bonds is 5. The normalized spacial score (nSPS) is 8.50. The molecule has 70 valence electrons. The van der Waals surface area contributed by atoms with E-state index in [1.807, 2.05) is 0 Å². The van der Waals surface area contributed by atoms with Crippen LogP contribution in [0.1, 0.15) is 6.92 Å². The lowest BCUT2D eigenvalue weighted by molar-refractivity contribution is -0.182. The number of halogens is 1. The van der Waals surface area contributed by atoms with E-state index in [2.05, 4.69) is 13.2 Å². The molecule has 0 atom stereocenters. The summed E-state index contributed by atoms with van der Waals surface area (Å²) >= 11 is 0. The molecule has 3 nitrogen and oxygen atoms in total. The highest BCUT2D eigenvalue weighted by Gasteiger charge is 2.02. The van der Waals surface area contributed by atoms with Crippen LogP contribution in [-0.2, 0) is 9.63 Å². The Morgan fingerprint density at radius 2 is 1.83 bits per heavy atom. The molecule has 0 unspecified atom stereocenters. The summed E-state index contributed by atoms with van der Waals surface area (Å²) in [6.07, 6.45) is 3.32. The van der Waals surface area contributed by atoms with Crippen molar-refractivity contribution in [2.75, 3.05) is 13.1 Å². The van der Waals surface area contributed by atoms with Gasteiger partial charge in [-0.2, -0.15) is 0 Å². The van der Waals surface area contributed by atoms with Crippen LogP contribution in [0.4, 0.5) is 0 Å². The topological polar surface area (TPSA) is 29.5 Å². The molecule has 0 aliphatic rings. The molecule has 0 saturated carbocycles. The third-order valence-electron chi connectivity index (χ3n) is 0.923. The fraction of sp³-hybridized carbons (Fsp3) is 0.375. The Balaban J connectivity index is 0. The minimum Gasteiger partial charge on any atom is -0.368 e. The minimum atomic E-state index is -0.325. The van der Waals surface area contributed by atoms with E-state index in [-0.39, 0.29) is 18.4 Å². The Bertz CT molecular complexity index is 149. The molecule has 0 spiro atoms. The van der Waals surface area contributed by atoms with Crippen LogP contribution >= 0.6 is 12.4 Å². The Morgan fingerprint density at radius 1 is 1.42 bits per heavy atom. The zero-order chi connectivity index (χ0) is 8.69. The highest BCUT2D eigenvalue weighted by atomic mass is 35.5. The van der Waals surface area contributed by atoms with Crippen molar-refractivity contribution in [3.05, 3.63) is 25.3 Å². The van der Waals surface area contributed by atoms with Crippen LogP contribution in [0.2, 0.25) is 0 Å². The Kier molecular flexibility index (Phi) is 9.52. The van der Waals surface area contributed by atoms with Crippen molar-refractivity contribution in [1.29, 1.82) is 0 Å². The fourth-order valence-corrected chi connectivity index (χ4v) is 0.619. The van der Waals surface area contributed by atoms with Gasteiger partial charge in [-0.1, -0.05) is 12.2 Å². The summed E-state index contributed by atoms with van der Waals surface area (Å²) in [7, 11) is 0. The molecular formula is C8H14ClNO2. The predicted molar refractivity (Wildman–Crippen MR) is 51.0 cm³/mol. The van der Waals surface area contributed by atoms with Crippen molar-refractivity contribution >= 4 is 18.4 Å². The smallest absolute Gasteiger partial charge is 0.322 e. The van der Waals surface area contributed by atoms with Gasteiger partial charge in [0, 0.05) is 6.92 Å². The molecule has 0 aromatic heterocycles. The van der Waals surface area contributed by atoms with Gasteiger partial charge in [0.15, 0.2) is 0 Å². The van der Waals surface area contributed by atoms with Crippen LogP contribution in [-0.4, -0.2) is 24.1 Å². The molecule has 0 rings (SSSR count). The summed E-state index contributed by atoms with van der Waals surface area (Å²) in [5.41, 5.74) is 0. The first-order valence-electron chi connectivity index (χ1n) is 3.36. The van der Waals surface area contributed by atoms with Gasteiger partial charge in [-0.25, -0.2) is 0 Å². The molecule has 0 fully saturated rings. The van der Waals surface area contributed by atoms with Gasteiger partial charge in [0.1, 0.15) is 0 Å². The summed E-state index contributed by atoms with van der Waals surface area (Å²) in [5, 5.41) is 1.47. The molecule has 0 aromatic carbocycles. The zero-order valence-electron chi connectivity index (χ0n) is 7.16.